The molecule has 0 fully saturated rings. The number of carbonyl (C=O) groups is 2. The predicted molar refractivity (Wildman–Crippen MR) is 100 cm³/mol. The highest BCUT2D eigenvalue weighted by molar-refractivity contribution is 6.33. The van der Waals surface area contributed by atoms with Crippen molar-refractivity contribution in [2.45, 2.75) is 0 Å². The van der Waals surface area contributed by atoms with Gasteiger partial charge in [0.2, 0.25) is 0 Å². The largest absolute Gasteiger partial charge is 0.378 e. The van der Waals surface area contributed by atoms with Crippen LogP contribution in [0.1, 0.15) is 15.9 Å². The van der Waals surface area contributed by atoms with Crippen LogP contribution in [0.2, 0.25) is 5.02 Å². The van der Waals surface area contributed by atoms with Crippen LogP contribution in [0.4, 0.5) is 5.69 Å². The number of rotatable bonds is 6. The molecule has 0 spiro atoms. The second-order valence-corrected chi connectivity index (χ2v) is 5.85. The summed E-state index contributed by atoms with van der Waals surface area (Å²) in [5.74, 6) is -0.842. The zero-order valence-corrected chi connectivity index (χ0v) is 14.7. The van der Waals surface area contributed by atoms with Crippen molar-refractivity contribution in [3.05, 3.63) is 64.7 Å². The molecule has 0 radical (unpaired) electrons. The number of anilines is 1. The summed E-state index contributed by atoms with van der Waals surface area (Å²) in [7, 11) is 3.92. The van der Waals surface area contributed by atoms with Gasteiger partial charge in [0, 0.05) is 19.8 Å². The van der Waals surface area contributed by atoms with Crippen molar-refractivity contribution in [3.63, 3.8) is 0 Å². The van der Waals surface area contributed by atoms with Crippen molar-refractivity contribution < 1.29 is 9.59 Å². The molecule has 25 heavy (non-hydrogen) atoms. The lowest BCUT2D eigenvalue weighted by Gasteiger charge is -2.11. The van der Waals surface area contributed by atoms with E-state index in [1.807, 2.05) is 43.3 Å². The first-order chi connectivity index (χ1) is 12.0. The Morgan fingerprint density at radius 3 is 2.44 bits per heavy atom. The lowest BCUT2D eigenvalue weighted by molar-refractivity contribution is -0.120. The highest BCUT2D eigenvalue weighted by atomic mass is 35.5. The second-order valence-electron chi connectivity index (χ2n) is 5.44. The predicted octanol–water partition coefficient (Wildman–Crippen LogP) is 2.29. The third kappa shape index (κ3) is 5.61. The first-order valence-corrected chi connectivity index (χ1v) is 7.97. The quantitative estimate of drug-likeness (QED) is 0.614. The Morgan fingerprint density at radius 2 is 1.80 bits per heavy atom. The van der Waals surface area contributed by atoms with E-state index in [2.05, 4.69) is 15.8 Å². The fourth-order valence-corrected chi connectivity index (χ4v) is 2.20. The number of halogens is 1. The molecule has 130 valence electrons. The van der Waals surface area contributed by atoms with Crippen molar-refractivity contribution in [1.82, 2.24) is 10.7 Å². The van der Waals surface area contributed by atoms with E-state index in [0.717, 1.165) is 11.3 Å². The van der Waals surface area contributed by atoms with Gasteiger partial charge in [0.25, 0.3) is 11.8 Å². The van der Waals surface area contributed by atoms with Gasteiger partial charge in [0.1, 0.15) is 0 Å². The average molecular weight is 359 g/mol. The molecule has 0 atom stereocenters. The Hall–Kier alpha value is -2.86. The molecule has 0 aliphatic rings. The van der Waals surface area contributed by atoms with Gasteiger partial charge in [0.05, 0.1) is 23.3 Å². The minimum atomic E-state index is -0.429. The number of amides is 2. The second kappa shape index (κ2) is 8.84. The number of hydrogen-bond donors (Lipinski definition) is 2. The van der Waals surface area contributed by atoms with Gasteiger partial charge >= 0.3 is 0 Å². The number of hydrogen-bond acceptors (Lipinski definition) is 4. The van der Waals surface area contributed by atoms with E-state index < -0.39 is 11.8 Å². The van der Waals surface area contributed by atoms with Crippen LogP contribution in [0, 0.1) is 0 Å². The minimum absolute atomic E-state index is 0.193. The maximum absolute atomic E-state index is 11.9. The number of carbonyl (C=O) groups excluding carboxylic acids is 2. The zero-order valence-electron chi connectivity index (χ0n) is 14.0. The Labute approximate surface area is 151 Å². The van der Waals surface area contributed by atoms with Gasteiger partial charge in [-0.1, -0.05) is 35.9 Å². The molecule has 7 heteroatoms. The summed E-state index contributed by atoms with van der Waals surface area (Å²) in [6, 6.07) is 14.3. The summed E-state index contributed by atoms with van der Waals surface area (Å²) in [6.07, 6.45) is 1.53. The fourth-order valence-electron chi connectivity index (χ4n) is 1.98. The summed E-state index contributed by atoms with van der Waals surface area (Å²) < 4.78 is 0. The minimum Gasteiger partial charge on any atom is -0.378 e. The molecule has 2 aromatic rings. The molecular weight excluding hydrogens is 340 g/mol. The van der Waals surface area contributed by atoms with Gasteiger partial charge in [0.15, 0.2) is 0 Å². The first-order valence-electron chi connectivity index (χ1n) is 7.59. The molecule has 0 saturated carbocycles. The van der Waals surface area contributed by atoms with Gasteiger partial charge < -0.3 is 10.2 Å². The van der Waals surface area contributed by atoms with Crippen molar-refractivity contribution >= 4 is 35.3 Å². The van der Waals surface area contributed by atoms with Gasteiger partial charge in [-0.15, -0.1) is 0 Å². The first kappa shape index (κ1) is 18.5. The van der Waals surface area contributed by atoms with Crippen LogP contribution in [0.15, 0.2) is 53.6 Å². The Balaban J connectivity index is 1.80. The Kier molecular flexibility index (Phi) is 6.54. The molecule has 2 rings (SSSR count). The summed E-state index contributed by atoms with van der Waals surface area (Å²) in [5, 5.41) is 6.70. The average Bonchev–Trinajstić information content (AvgIpc) is 2.60. The lowest BCUT2D eigenvalue weighted by Crippen LogP contribution is -2.35. The van der Waals surface area contributed by atoms with Crippen LogP contribution in [0.5, 0.6) is 0 Å². The molecule has 0 heterocycles. The maximum atomic E-state index is 11.9. The van der Waals surface area contributed by atoms with E-state index in [1.165, 1.54) is 6.21 Å². The third-order valence-corrected chi connectivity index (χ3v) is 3.67. The third-order valence-electron chi connectivity index (χ3n) is 3.34. The molecule has 6 nitrogen and oxygen atoms in total. The molecule has 2 N–H and O–H groups in total. The topological polar surface area (TPSA) is 73.8 Å². The molecule has 0 bridgehead atoms. The van der Waals surface area contributed by atoms with Crippen LogP contribution in [-0.2, 0) is 4.79 Å². The molecule has 2 aromatic carbocycles. The van der Waals surface area contributed by atoms with E-state index in [4.69, 9.17) is 11.6 Å². The standard InChI is InChI=1S/C18H19ClN4O2/c1-23(2)14-9-7-13(8-10-14)11-21-22-17(24)12-20-18(25)15-5-3-4-6-16(15)19/h3-11H,12H2,1-2H3,(H,20,25)(H,22,24)/b21-11-. The van der Waals surface area contributed by atoms with E-state index >= 15 is 0 Å². The van der Waals surface area contributed by atoms with Gasteiger partial charge in [-0.05, 0) is 29.8 Å². The molecule has 0 aliphatic heterocycles. The number of nitrogens with one attached hydrogen (secondary N) is 2. The summed E-state index contributed by atoms with van der Waals surface area (Å²) in [6.45, 7) is -0.193. The van der Waals surface area contributed by atoms with Crippen molar-refractivity contribution in [1.29, 1.82) is 0 Å². The highest BCUT2D eigenvalue weighted by Gasteiger charge is 2.10. The summed E-state index contributed by atoms with van der Waals surface area (Å²) >= 11 is 5.93. The SMILES string of the molecule is CN(C)c1ccc(/C=N\NC(=O)CNC(=O)c2ccccc2Cl)cc1. The van der Waals surface area contributed by atoms with Gasteiger partial charge in [-0.25, -0.2) is 5.43 Å². The van der Waals surface area contributed by atoms with Crippen molar-refractivity contribution in [3.8, 4) is 0 Å². The molecule has 0 saturated heterocycles. The van der Waals surface area contributed by atoms with Crippen molar-refractivity contribution in [2.75, 3.05) is 25.5 Å². The zero-order chi connectivity index (χ0) is 18.2. The van der Waals surface area contributed by atoms with E-state index in [9.17, 15) is 9.59 Å². The molecular formula is C18H19ClN4O2. The van der Waals surface area contributed by atoms with Gasteiger partial charge in [-0.2, -0.15) is 5.10 Å². The number of benzene rings is 2. The van der Waals surface area contributed by atoms with E-state index in [1.54, 1.807) is 24.3 Å². The number of nitrogens with zero attached hydrogens (tertiary/aromatic N) is 2. The molecule has 0 aromatic heterocycles. The van der Waals surface area contributed by atoms with Crippen LogP contribution < -0.4 is 15.6 Å². The lowest BCUT2D eigenvalue weighted by atomic mass is 10.2. The molecule has 0 aliphatic carbocycles. The van der Waals surface area contributed by atoms with Crippen LogP contribution in [0.25, 0.3) is 0 Å². The summed E-state index contributed by atoms with van der Waals surface area (Å²) in [5.41, 5.74) is 4.61. The monoisotopic (exact) mass is 358 g/mol. The summed E-state index contributed by atoms with van der Waals surface area (Å²) in [4.78, 5) is 25.6. The maximum Gasteiger partial charge on any atom is 0.259 e. The Bertz CT molecular complexity index is 773. The number of hydrazone groups is 1. The normalized spacial score (nSPS) is 10.5. The van der Waals surface area contributed by atoms with Gasteiger partial charge in [-0.3, -0.25) is 9.59 Å². The molecule has 0 unspecified atom stereocenters. The van der Waals surface area contributed by atoms with Crippen LogP contribution in [0.3, 0.4) is 0 Å². The fraction of sp³-hybridized carbons (Fsp3) is 0.167. The highest BCUT2D eigenvalue weighted by Crippen LogP contribution is 2.14. The van der Waals surface area contributed by atoms with E-state index in [0.29, 0.717) is 10.6 Å². The van der Waals surface area contributed by atoms with Crippen molar-refractivity contribution in [2.24, 2.45) is 5.10 Å². The smallest absolute Gasteiger partial charge is 0.259 e. The Morgan fingerprint density at radius 1 is 1.12 bits per heavy atom. The van der Waals surface area contributed by atoms with Crippen LogP contribution >= 0.6 is 11.6 Å². The molecule has 2 amide bonds. The van der Waals surface area contributed by atoms with Crippen LogP contribution in [-0.4, -0.2) is 38.7 Å². The van der Waals surface area contributed by atoms with E-state index in [-0.39, 0.29) is 6.54 Å².